The topological polar surface area (TPSA) is 214 Å². The number of ether oxygens (including phenoxy) is 6. The van der Waals surface area contributed by atoms with Gasteiger partial charge in [0.1, 0.15) is 49.3 Å². The van der Waals surface area contributed by atoms with E-state index in [0.717, 1.165) is 37.7 Å². The van der Waals surface area contributed by atoms with Crippen molar-refractivity contribution in [2.24, 2.45) is 34.5 Å². The van der Waals surface area contributed by atoms with Crippen LogP contribution >= 0.6 is 0 Å². The van der Waals surface area contributed by atoms with Crippen LogP contribution in [-0.2, 0) is 33.2 Å². The third-order valence-electron chi connectivity index (χ3n) is 14.5. The van der Waals surface area contributed by atoms with E-state index in [1.807, 2.05) is 0 Å². The Morgan fingerprint density at radius 2 is 1.60 bits per heavy atom. The van der Waals surface area contributed by atoms with E-state index >= 15 is 0 Å². The lowest BCUT2D eigenvalue weighted by Gasteiger charge is -2.64. The van der Waals surface area contributed by atoms with Crippen molar-refractivity contribution >= 4 is 5.97 Å². The number of hydrogen-bond donors (Lipinski definition) is 7. The average molecular weight is 713 g/mol. The molecule has 7 aliphatic rings. The highest BCUT2D eigenvalue weighted by molar-refractivity contribution is 5.85. The van der Waals surface area contributed by atoms with Gasteiger partial charge in [-0.2, -0.15) is 0 Å². The number of aliphatic hydroxyl groups excluding tert-OH is 6. The number of fused-ring (bicyclic) bond motifs is 5. The maximum atomic E-state index is 12.5. The monoisotopic (exact) mass is 712 g/mol. The summed E-state index contributed by atoms with van der Waals surface area (Å²) >= 11 is 0. The Hall–Kier alpha value is -1.27. The quantitative estimate of drug-likeness (QED) is 0.136. The molecule has 0 aromatic heterocycles. The Morgan fingerprint density at radius 1 is 0.860 bits per heavy atom. The van der Waals surface area contributed by atoms with Gasteiger partial charge in [-0.1, -0.05) is 13.8 Å². The van der Waals surface area contributed by atoms with Gasteiger partial charge in [0.05, 0.1) is 30.5 Å². The Kier molecular flexibility index (Phi) is 10.0. The molecule has 6 fully saturated rings. The van der Waals surface area contributed by atoms with Gasteiger partial charge in [0.2, 0.25) is 0 Å². The first kappa shape index (κ1) is 37.1. The maximum absolute atomic E-state index is 12.5. The number of rotatable bonds is 7. The van der Waals surface area contributed by atoms with E-state index in [4.69, 9.17) is 28.4 Å². The number of esters is 1. The van der Waals surface area contributed by atoms with E-state index in [0.29, 0.717) is 19.4 Å². The van der Waals surface area contributed by atoms with E-state index in [9.17, 15) is 40.5 Å². The van der Waals surface area contributed by atoms with Crippen molar-refractivity contribution in [3.05, 3.63) is 11.6 Å². The molecule has 0 bridgehead atoms. The first-order valence-electron chi connectivity index (χ1n) is 18.4. The molecule has 4 saturated carbocycles. The molecule has 0 radical (unpaired) electrons. The molecule has 3 heterocycles. The number of carbonyl (C=O) groups excluding carboxylic acids is 1. The lowest BCUT2D eigenvalue weighted by Crippen LogP contribution is -2.66. The first-order valence-corrected chi connectivity index (χ1v) is 18.4. The summed E-state index contributed by atoms with van der Waals surface area (Å²) in [7, 11) is 1.33. The Balaban J connectivity index is 1.01. The highest BCUT2D eigenvalue weighted by Crippen LogP contribution is 2.70. The average Bonchev–Trinajstić information content (AvgIpc) is 3.63. The molecule has 3 aliphatic heterocycles. The second kappa shape index (κ2) is 13.5. The molecule has 50 heavy (non-hydrogen) atoms. The summed E-state index contributed by atoms with van der Waals surface area (Å²) in [5.41, 5.74) is -0.775. The van der Waals surface area contributed by atoms with Crippen LogP contribution in [0.15, 0.2) is 11.6 Å². The molecule has 14 heteroatoms. The van der Waals surface area contributed by atoms with Crippen molar-refractivity contribution in [1.82, 2.24) is 0 Å². The fourth-order valence-electron chi connectivity index (χ4n) is 11.6. The predicted octanol–water partition coefficient (Wildman–Crippen LogP) is -0.0948. The Morgan fingerprint density at radius 3 is 2.28 bits per heavy atom. The molecule has 0 aromatic rings. The van der Waals surface area contributed by atoms with Crippen LogP contribution in [0.25, 0.3) is 0 Å². The number of cyclic esters (lactones) is 1. The standard InChI is InChI=1S/C36H56O14/c1-16-26(40)31(45-4)29(43)33(47-16)50-30-23(14-37)49-32(28(42)27(30)41)48-19-12-18-5-6-22-21(35(18,3)24(38)13-19)7-9-34(2)20(8-10-36(22,34)44)17-11-25(39)46-15-17/h11,16,18-24,26-33,37-38,40-44H,5-10,12-15H2,1-4H3/t16-,18-,19+,20+,21-,22+,23-,24+,26+,27-,28+,29+,30+,31+,32+,33+,34+,35-,36-/m0/s1. The molecule has 0 unspecified atom stereocenters. The first-order chi connectivity index (χ1) is 23.7. The third-order valence-corrected chi connectivity index (χ3v) is 14.5. The zero-order valence-electron chi connectivity index (χ0n) is 29.4. The second-order valence-corrected chi connectivity index (χ2v) is 16.6. The zero-order valence-corrected chi connectivity index (χ0v) is 29.4. The number of hydrogen-bond acceptors (Lipinski definition) is 14. The predicted molar refractivity (Wildman–Crippen MR) is 172 cm³/mol. The van der Waals surface area contributed by atoms with Crippen molar-refractivity contribution in [2.75, 3.05) is 20.3 Å². The van der Waals surface area contributed by atoms with Gasteiger partial charge in [0.25, 0.3) is 0 Å². The van der Waals surface area contributed by atoms with Crippen molar-refractivity contribution in [3.63, 3.8) is 0 Å². The van der Waals surface area contributed by atoms with Crippen LogP contribution in [0.3, 0.4) is 0 Å². The van der Waals surface area contributed by atoms with Crippen LogP contribution < -0.4 is 0 Å². The smallest absolute Gasteiger partial charge is 0.331 e. The van der Waals surface area contributed by atoms with Crippen molar-refractivity contribution in [2.45, 2.75) is 151 Å². The van der Waals surface area contributed by atoms with Crippen LogP contribution in [0, 0.1) is 34.5 Å². The van der Waals surface area contributed by atoms with E-state index in [1.54, 1.807) is 13.0 Å². The maximum Gasteiger partial charge on any atom is 0.331 e. The molecular weight excluding hydrogens is 656 g/mol. The van der Waals surface area contributed by atoms with Crippen LogP contribution in [0.4, 0.5) is 0 Å². The molecule has 19 atom stereocenters. The molecule has 7 rings (SSSR count). The molecule has 0 amide bonds. The van der Waals surface area contributed by atoms with Crippen LogP contribution in [-0.4, -0.2) is 141 Å². The number of aliphatic hydroxyl groups is 7. The van der Waals surface area contributed by atoms with Gasteiger partial charge in [-0.15, -0.1) is 0 Å². The molecule has 14 nitrogen and oxygen atoms in total. The zero-order chi connectivity index (χ0) is 35.9. The van der Waals surface area contributed by atoms with E-state index in [-0.39, 0.29) is 41.5 Å². The van der Waals surface area contributed by atoms with E-state index < -0.39 is 91.2 Å². The van der Waals surface area contributed by atoms with Crippen LogP contribution in [0.2, 0.25) is 0 Å². The fraction of sp³-hybridized carbons (Fsp3) is 0.917. The second-order valence-electron chi connectivity index (χ2n) is 16.6. The minimum atomic E-state index is -1.59. The summed E-state index contributed by atoms with van der Waals surface area (Å²) in [5.74, 6) is -0.0371. The summed E-state index contributed by atoms with van der Waals surface area (Å²) in [5, 5.41) is 77.9. The molecule has 4 aliphatic carbocycles. The van der Waals surface area contributed by atoms with Crippen molar-refractivity contribution in [3.8, 4) is 0 Å². The molecule has 284 valence electrons. The van der Waals surface area contributed by atoms with Gasteiger partial charge in [-0.25, -0.2) is 4.79 Å². The lowest BCUT2D eigenvalue weighted by atomic mass is 9.42. The van der Waals surface area contributed by atoms with Gasteiger partial charge in [-0.05, 0) is 86.5 Å². The third kappa shape index (κ3) is 5.63. The largest absolute Gasteiger partial charge is 0.458 e. The minimum absolute atomic E-state index is 0.0104. The molecule has 7 N–H and O–H groups in total. The van der Waals surface area contributed by atoms with E-state index in [1.165, 1.54) is 7.11 Å². The van der Waals surface area contributed by atoms with Crippen LogP contribution in [0.5, 0.6) is 0 Å². The fourth-order valence-corrected chi connectivity index (χ4v) is 11.6. The van der Waals surface area contributed by atoms with Crippen molar-refractivity contribution in [1.29, 1.82) is 0 Å². The van der Waals surface area contributed by atoms with Gasteiger partial charge in [-0.3, -0.25) is 0 Å². The van der Waals surface area contributed by atoms with Gasteiger partial charge >= 0.3 is 5.97 Å². The van der Waals surface area contributed by atoms with Gasteiger partial charge < -0.3 is 64.2 Å². The Bertz CT molecular complexity index is 1300. The SMILES string of the molecule is CO[C@H]1[C@@H](O)[C@@H](O[C@H]2[C@@H](O)[C@@H](O)[C@H](O[C@@H]3C[C@@H]4CC[C@@H]5[C@H](CC[C@]6(C)[C@@H](C7=CC(=O)OC7)CC[C@]56O)[C@@]4(C)[C@H](O)C3)O[C@H]2CO)O[C@@H](C)[C@H]1O. The summed E-state index contributed by atoms with van der Waals surface area (Å²) in [6.45, 7) is 5.60. The lowest BCUT2D eigenvalue weighted by molar-refractivity contribution is -0.363. The van der Waals surface area contributed by atoms with E-state index in [2.05, 4.69) is 13.8 Å². The summed E-state index contributed by atoms with van der Waals surface area (Å²) in [6, 6.07) is 0. The highest BCUT2D eigenvalue weighted by Gasteiger charge is 2.69. The van der Waals surface area contributed by atoms with Crippen LogP contribution in [0.1, 0.15) is 72.1 Å². The molecule has 2 saturated heterocycles. The number of carbonyl (C=O) groups is 1. The summed E-state index contributed by atoms with van der Waals surface area (Å²) in [4.78, 5) is 11.9. The normalized spacial score (nSPS) is 55.1. The summed E-state index contributed by atoms with van der Waals surface area (Å²) in [6.07, 6.45) is -6.71. The highest BCUT2D eigenvalue weighted by atomic mass is 16.7. The molecule has 0 spiro atoms. The van der Waals surface area contributed by atoms with Gasteiger partial charge in [0.15, 0.2) is 12.6 Å². The molecular formula is C36H56O14. The van der Waals surface area contributed by atoms with Gasteiger partial charge in [0, 0.05) is 25.0 Å². The summed E-state index contributed by atoms with van der Waals surface area (Å²) < 4.78 is 34.2. The minimum Gasteiger partial charge on any atom is -0.458 e. The number of methoxy groups -OCH3 is 1. The molecule has 0 aromatic carbocycles. The Labute approximate surface area is 292 Å². The van der Waals surface area contributed by atoms with Crippen molar-refractivity contribution < 1.29 is 69.0 Å².